The van der Waals surface area contributed by atoms with E-state index >= 15 is 0 Å². The molecule has 2 aromatic carbocycles. The molecule has 1 aromatic heterocycles. The minimum absolute atomic E-state index is 0.0898. The van der Waals surface area contributed by atoms with Crippen molar-refractivity contribution in [1.82, 2.24) is 10.4 Å². The Bertz CT molecular complexity index is 949. The second-order valence-corrected chi connectivity index (χ2v) is 5.95. The number of carbonyl (C=O) groups is 2. The summed E-state index contributed by atoms with van der Waals surface area (Å²) >= 11 is 0. The molecule has 0 aliphatic rings. The van der Waals surface area contributed by atoms with E-state index in [2.05, 4.69) is 20.8 Å². The van der Waals surface area contributed by atoms with Crippen molar-refractivity contribution >= 4 is 23.2 Å². The molecular weight excluding hydrogens is 356 g/mol. The number of ether oxygens (including phenoxy) is 1. The van der Waals surface area contributed by atoms with Crippen LogP contribution in [0.4, 0.5) is 5.69 Å². The second kappa shape index (κ2) is 9.18. The van der Waals surface area contributed by atoms with Crippen molar-refractivity contribution in [3.8, 4) is 5.75 Å². The molecule has 0 unspecified atom stereocenters. The summed E-state index contributed by atoms with van der Waals surface area (Å²) in [5.41, 5.74) is 5.13. The summed E-state index contributed by atoms with van der Waals surface area (Å²) in [6, 6.07) is 19.7. The standard InChI is InChI=1S/C21H20N4O3/c1-15(24-25-21(27)19-8-5-13-22-19)16-9-11-18(12-10-16)28-14-20(26)23-17-6-3-2-4-7-17/h2-13,22H,14H2,1H3,(H,23,26)(H,25,27)/b24-15-. The Morgan fingerprint density at radius 3 is 2.43 bits per heavy atom. The molecule has 28 heavy (non-hydrogen) atoms. The number of nitrogens with zero attached hydrogens (tertiary/aromatic N) is 1. The molecule has 3 aromatic rings. The van der Waals surface area contributed by atoms with Crippen LogP contribution in [-0.4, -0.2) is 29.1 Å². The van der Waals surface area contributed by atoms with Crippen LogP contribution in [0.5, 0.6) is 5.75 Å². The van der Waals surface area contributed by atoms with E-state index in [0.717, 1.165) is 11.3 Å². The maximum atomic E-state index is 11.9. The van der Waals surface area contributed by atoms with E-state index in [1.54, 1.807) is 37.4 Å². The molecule has 0 bridgehead atoms. The average Bonchev–Trinajstić information content (AvgIpc) is 3.26. The van der Waals surface area contributed by atoms with E-state index in [-0.39, 0.29) is 18.4 Å². The van der Waals surface area contributed by atoms with E-state index < -0.39 is 0 Å². The van der Waals surface area contributed by atoms with Crippen molar-refractivity contribution in [2.45, 2.75) is 6.92 Å². The Kier molecular flexibility index (Phi) is 6.20. The molecule has 7 heteroatoms. The first-order valence-electron chi connectivity index (χ1n) is 8.68. The van der Waals surface area contributed by atoms with Crippen molar-refractivity contribution in [3.05, 3.63) is 84.2 Å². The number of hydrogen-bond donors (Lipinski definition) is 3. The molecular formula is C21H20N4O3. The Balaban J connectivity index is 1.50. The fourth-order valence-corrected chi connectivity index (χ4v) is 2.39. The van der Waals surface area contributed by atoms with Gasteiger partial charge in [-0.3, -0.25) is 9.59 Å². The lowest BCUT2D eigenvalue weighted by Crippen LogP contribution is -2.20. The molecule has 0 radical (unpaired) electrons. The van der Waals surface area contributed by atoms with Gasteiger partial charge < -0.3 is 15.0 Å². The highest BCUT2D eigenvalue weighted by Crippen LogP contribution is 2.13. The summed E-state index contributed by atoms with van der Waals surface area (Å²) in [4.78, 5) is 26.6. The minimum Gasteiger partial charge on any atom is -0.484 e. The van der Waals surface area contributed by atoms with Crippen molar-refractivity contribution in [2.24, 2.45) is 5.10 Å². The number of benzene rings is 2. The number of rotatable bonds is 7. The van der Waals surface area contributed by atoms with Gasteiger partial charge >= 0.3 is 0 Å². The summed E-state index contributed by atoms with van der Waals surface area (Å²) in [5.74, 6) is 0.0176. The van der Waals surface area contributed by atoms with Crippen LogP contribution < -0.4 is 15.5 Å². The van der Waals surface area contributed by atoms with E-state index in [0.29, 0.717) is 17.2 Å². The van der Waals surface area contributed by atoms with Crippen LogP contribution >= 0.6 is 0 Å². The molecule has 0 saturated carbocycles. The minimum atomic E-state index is -0.311. The molecule has 0 atom stereocenters. The molecule has 2 amide bonds. The summed E-state index contributed by atoms with van der Waals surface area (Å²) < 4.78 is 5.50. The fourth-order valence-electron chi connectivity index (χ4n) is 2.39. The Labute approximate surface area is 162 Å². The lowest BCUT2D eigenvalue weighted by atomic mass is 10.1. The number of para-hydroxylation sites is 1. The monoisotopic (exact) mass is 376 g/mol. The van der Waals surface area contributed by atoms with Gasteiger partial charge in [-0.25, -0.2) is 5.43 Å². The van der Waals surface area contributed by atoms with Gasteiger partial charge in [0.2, 0.25) is 0 Å². The van der Waals surface area contributed by atoms with Crippen molar-refractivity contribution in [3.63, 3.8) is 0 Å². The Morgan fingerprint density at radius 2 is 1.75 bits per heavy atom. The predicted octanol–water partition coefficient (Wildman–Crippen LogP) is 3.19. The normalized spacial score (nSPS) is 11.0. The van der Waals surface area contributed by atoms with E-state index in [4.69, 9.17) is 4.74 Å². The highest BCUT2D eigenvalue weighted by Gasteiger charge is 2.06. The van der Waals surface area contributed by atoms with Crippen LogP contribution in [0.25, 0.3) is 0 Å². The van der Waals surface area contributed by atoms with Crippen LogP contribution in [-0.2, 0) is 4.79 Å². The molecule has 1 heterocycles. The van der Waals surface area contributed by atoms with E-state index in [1.807, 2.05) is 42.5 Å². The predicted molar refractivity (Wildman–Crippen MR) is 107 cm³/mol. The van der Waals surface area contributed by atoms with Gasteiger partial charge in [-0.05, 0) is 61.0 Å². The third-order valence-corrected chi connectivity index (χ3v) is 3.87. The lowest BCUT2D eigenvalue weighted by molar-refractivity contribution is -0.118. The largest absolute Gasteiger partial charge is 0.484 e. The zero-order valence-electron chi connectivity index (χ0n) is 15.3. The molecule has 3 N–H and O–H groups in total. The van der Waals surface area contributed by atoms with Crippen molar-refractivity contribution in [1.29, 1.82) is 0 Å². The summed E-state index contributed by atoms with van der Waals surface area (Å²) in [5, 5.41) is 6.85. The molecule has 0 saturated heterocycles. The SMILES string of the molecule is C/C(=N/NC(=O)c1ccc[nH]1)c1ccc(OCC(=O)Nc2ccccc2)cc1. The van der Waals surface area contributed by atoms with Gasteiger partial charge in [0.1, 0.15) is 11.4 Å². The summed E-state index contributed by atoms with van der Waals surface area (Å²) in [6.07, 6.45) is 1.67. The van der Waals surface area contributed by atoms with E-state index in [1.165, 1.54) is 0 Å². The van der Waals surface area contributed by atoms with Crippen LogP contribution in [0.1, 0.15) is 23.0 Å². The molecule has 0 aliphatic heterocycles. The van der Waals surface area contributed by atoms with Crippen molar-refractivity contribution < 1.29 is 14.3 Å². The molecule has 0 spiro atoms. The zero-order valence-corrected chi connectivity index (χ0v) is 15.3. The first kappa shape index (κ1) is 18.9. The van der Waals surface area contributed by atoms with Crippen LogP contribution in [0, 0.1) is 0 Å². The maximum absolute atomic E-state index is 11.9. The van der Waals surface area contributed by atoms with Gasteiger partial charge in [-0.2, -0.15) is 5.10 Å². The van der Waals surface area contributed by atoms with E-state index in [9.17, 15) is 9.59 Å². The Hall–Kier alpha value is -3.87. The maximum Gasteiger partial charge on any atom is 0.287 e. The number of hydrogen-bond acceptors (Lipinski definition) is 4. The quantitative estimate of drug-likeness (QED) is 0.436. The number of carbonyl (C=O) groups excluding carboxylic acids is 2. The molecule has 0 aliphatic carbocycles. The zero-order chi connectivity index (χ0) is 19.8. The Morgan fingerprint density at radius 1 is 1.00 bits per heavy atom. The number of H-pyrrole nitrogens is 1. The number of anilines is 1. The highest BCUT2D eigenvalue weighted by atomic mass is 16.5. The first-order valence-corrected chi connectivity index (χ1v) is 8.68. The second-order valence-electron chi connectivity index (χ2n) is 5.95. The van der Waals surface area contributed by atoms with Gasteiger partial charge in [0.15, 0.2) is 6.61 Å². The molecule has 142 valence electrons. The highest BCUT2D eigenvalue weighted by molar-refractivity contribution is 6.00. The smallest absolute Gasteiger partial charge is 0.287 e. The third-order valence-electron chi connectivity index (χ3n) is 3.87. The van der Waals surface area contributed by atoms with Gasteiger partial charge in [0.05, 0.1) is 5.71 Å². The van der Waals surface area contributed by atoms with Gasteiger partial charge in [-0.15, -0.1) is 0 Å². The molecule has 3 rings (SSSR count). The number of aromatic nitrogens is 1. The van der Waals surface area contributed by atoms with Gasteiger partial charge in [-0.1, -0.05) is 18.2 Å². The lowest BCUT2D eigenvalue weighted by Gasteiger charge is -2.08. The van der Waals surface area contributed by atoms with Crippen LogP contribution in [0.15, 0.2) is 78.0 Å². The van der Waals surface area contributed by atoms with Crippen LogP contribution in [0.3, 0.4) is 0 Å². The number of hydrazone groups is 1. The number of nitrogens with one attached hydrogen (secondary N) is 3. The topological polar surface area (TPSA) is 95.6 Å². The molecule has 7 nitrogen and oxygen atoms in total. The fraction of sp³-hybridized carbons (Fsp3) is 0.0952. The number of amides is 2. The third kappa shape index (κ3) is 5.31. The van der Waals surface area contributed by atoms with Gasteiger partial charge in [0.25, 0.3) is 11.8 Å². The van der Waals surface area contributed by atoms with Crippen LogP contribution in [0.2, 0.25) is 0 Å². The summed E-state index contributed by atoms with van der Waals surface area (Å²) in [6.45, 7) is 1.70. The van der Waals surface area contributed by atoms with Crippen molar-refractivity contribution in [2.75, 3.05) is 11.9 Å². The van der Waals surface area contributed by atoms with Gasteiger partial charge in [0, 0.05) is 11.9 Å². The summed E-state index contributed by atoms with van der Waals surface area (Å²) in [7, 11) is 0. The number of aromatic amines is 1. The first-order chi connectivity index (χ1) is 13.6. The molecule has 0 fully saturated rings. The average molecular weight is 376 g/mol.